The number of nitrogens with one attached hydrogen (secondary N) is 2. The second-order valence-corrected chi connectivity index (χ2v) is 6.20. The molecule has 6 nitrogen and oxygen atoms in total. The van der Waals surface area contributed by atoms with E-state index in [1.165, 1.54) is 0 Å². The van der Waals surface area contributed by atoms with Gasteiger partial charge >= 0.3 is 0 Å². The highest BCUT2D eigenvalue weighted by Gasteiger charge is 2.16. The maximum atomic E-state index is 12.6. The van der Waals surface area contributed by atoms with Crippen LogP contribution in [0.2, 0.25) is 0 Å². The molecular formula is C21H25N3O3. The Morgan fingerprint density at radius 3 is 2.70 bits per heavy atom. The lowest BCUT2D eigenvalue weighted by Gasteiger charge is -2.16. The fraction of sp³-hybridized carbons (Fsp3) is 0.333. The van der Waals surface area contributed by atoms with Gasteiger partial charge < -0.3 is 14.8 Å². The zero-order valence-corrected chi connectivity index (χ0v) is 15.5. The minimum Gasteiger partial charge on any atom is -0.492 e. The van der Waals surface area contributed by atoms with Gasteiger partial charge in [0.05, 0.1) is 24.9 Å². The summed E-state index contributed by atoms with van der Waals surface area (Å²) >= 11 is 0. The summed E-state index contributed by atoms with van der Waals surface area (Å²) in [5, 5.41) is 6.06. The first-order valence-corrected chi connectivity index (χ1v) is 9.27. The van der Waals surface area contributed by atoms with Gasteiger partial charge in [0.1, 0.15) is 5.75 Å². The van der Waals surface area contributed by atoms with Gasteiger partial charge in [-0.3, -0.25) is 10.1 Å². The molecule has 1 aliphatic heterocycles. The predicted molar refractivity (Wildman–Crippen MR) is 106 cm³/mol. The Morgan fingerprint density at radius 2 is 1.96 bits per heavy atom. The number of rotatable bonds is 6. The summed E-state index contributed by atoms with van der Waals surface area (Å²) in [7, 11) is 0. The minimum atomic E-state index is -0.219. The predicted octanol–water partition coefficient (Wildman–Crippen LogP) is 3.46. The molecule has 3 rings (SSSR count). The third kappa shape index (κ3) is 5.56. The number of amides is 1. The number of carbonyl (C=O) groups excluding carboxylic acids is 1. The number of hydrogen-bond donors (Lipinski definition) is 2. The highest BCUT2D eigenvalue weighted by atomic mass is 16.5. The molecule has 1 saturated heterocycles. The number of aliphatic imine (C=N–C) groups is 1. The summed E-state index contributed by atoms with van der Waals surface area (Å²) in [6.45, 7) is 3.75. The van der Waals surface area contributed by atoms with Crippen molar-refractivity contribution in [3.8, 4) is 5.75 Å². The molecule has 2 aromatic rings. The highest BCUT2D eigenvalue weighted by Crippen LogP contribution is 2.23. The monoisotopic (exact) mass is 367 g/mol. The highest BCUT2D eigenvalue weighted by molar-refractivity contribution is 6.10. The molecule has 0 aliphatic carbocycles. The Kier molecular flexibility index (Phi) is 6.82. The number of hydrogen-bond acceptors (Lipinski definition) is 4. The van der Waals surface area contributed by atoms with Gasteiger partial charge in [-0.25, -0.2) is 4.99 Å². The van der Waals surface area contributed by atoms with Crippen molar-refractivity contribution in [2.24, 2.45) is 4.99 Å². The fourth-order valence-corrected chi connectivity index (χ4v) is 2.84. The molecule has 1 unspecified atom stereocenters. The van der Waals surface area contributed by atoms with Crippen molar-refractivity contribution in [3.63, 3.8) is 0 Å². The van der Waals surface area contributed by atoms with E-state index >= 15 is 0 Å². The molecule has 0 aromatic heterocycles. The second-order valence-electron chi connectivity index (χ2n) is 6.20. The lowest BCUT2D eigenvalue weighted by molar-refractivity contribution is 0.0975. The van der Waals surface area contributed by atoms with Crippen LogP contribution in [0.5, 0.6) is 5.75 Å². The van der Waals surface area contributed by atoms with Gasteiger partial charge in [0.25, 0.3) is 5.91 Å². The number of anilines is 1. The Hall–Kier alpha value is -2.86. The van der Waals surface area contributed by atoms with Crippen LogP contribution in [-0.2, 0) is 4.74 Å². The summed E-state index contributed by atoms with van der Waals surface area (Å²) in [6, 6.07) is 16.6. The number of guanidine groups is 1. The van der Waals surface area contributed by atoms with Crippen LogP contribution in [0.25, 0.3) is 0 Å². The molecule has 142 valence electrons. The van der Waals surface area contributed by atoms with Crippen molar-refractivity contribution in [3.05, 3.63) is 60.2 Å². The SMILES string of the molecule is CCOc1ccccc1NC(=NCC1CCCO1)NC(=O)c1ccccc1. The van der Waals surface area contributed by atoms with Crippen molar-refractivity contribution >= 4 is 17.6 Å². The molecule has 1 heterocycles. The molecule has 27 heavy (non-hydrogen) atoms. The molecule has 1 fully saturated rings. The van der Waals surface area contributed by atoms with Gasteiger partial charge in [-0.2, -0.15) is 0 Å². The van der Waals surface area contributed by atoms with Crippen molar-refractivity contribution in [1.29, 1.82) is 0 Å². The number of nitrogens with zero attached hydrogens (tertiary/aromatic N) is 1. The minimum absolute atomic E-state index is 0.0950. The van der Waals surface area contributed by atoms with Crippen molar-refractivity contribution in [1.82, 2.24) is 5.32 Å². The molecule has 0 saturated carbocycles. The lowest BCUT2D eigenvalue weighted by atomic mass is 10.2. The maximum Gasteiger partial charge on any atom is 0.257 e. The van der Waals surface area contributed by atoms with Gasteiger partial charge in [-0.1, -0.05) is 30.3 Å². The molecule has 2 aromatic carbocycles. The molecule has 2 N–H and O–H groups in total. The largest absolute Gasteiger partial charge is 0.492 e. The Balaban J connectivity index is 1.77. The summed E-state index contributed by atoms with van der Waals surface area (Å²) < 4.78 is 11.3. The van der Waals surface area contributed by atoms with E-state index in [9.17, 15) is 4.79 Å². The zero-order valence-electron chi connectivity index (χ0n) is 15.5. The van der Waals surface area contributed by atoms with E-state index in [0.29, 0.717) is 30.4 Å². The van der Waals surface area contributed by atoms with Crippen LogP contribution in [0.4, 0.5) is 5.69 Å². The number of para-hydroxylation sites is 2. The second kappa shape index (κ2) is 9.73. The average molecular weight is 367 g/mol. The van der Waals surface area contributed by atoms with Crippen LogP contribution in [0.3, 0.4) is 0 Å². The van der Waals surface area contributed by atoms with Gasteiger partial charge in [0.15, 0.2) is 0 Å². The smallest absolute Gasteiger partial charge is 0.257 e. The van der Waals surface area contributed by atoms with Gasteiger partial charge in [-0.15, -0.1) is 0 Å². The van der Waals surface area contributed by atoms with Crippen LogP contribution in [0.1, 0.15) is 30.1 Å². The van der Waals surface area contributed by atoms with Gasteiger partial charge in [-0.05, 0) is 44.0 Å². The van der Waals surface area contributed by atoms with E-state index in [1.54, 1.807) is 12.1 Å². The normalized spacial score (nSPS) is 16.8. The number of carbonyl (C=O) groups is 1. The van der Waals surface area contributed by atoms with Gasteiger partial charge in [0, 0.05) is 12.2 Å². The first kappa shape index (κ1) is 18.9. The number of benzene rings is 2. The Bertz CT molecular complexity index is 771. The third-order valence-electron chi connectivity index (χ3n) is 4.18. The van der Waals surface area contributed by atoms with E-state index in [-0.39, 0.29) is 12.0 Å². The van der Waals surface area contributed by atoms with E-state index in [0.717, 1.165) is 25.1 Å². The lowest BCUT2D eigenvalue weighted by Crippen LogP contribution is -2.36. The molecule has 6 heteroatoms. The van der Waals surface area contributed by atoms with E-state index in [1.807, 2.05) is 49.4 Å². The molecule has 0 radical (unpaired) electrons. The van der Waals surface area contributed by atoms with Crippen molar-refractivity contribution in [2.75, 3.05) is 25.1 Å². The quantitative estimate of drug-likeness (QED) is 0.606. The standard InChI is InChI=1S/C21H25N3O3/c1-2-26-19-13-7-6-12-18(19)23-21(22-15-17-11-8-14-27-17)24-20(25)16-9-4-3-5-10-16/h3-7,9-10,12-13,17H,2,8,11,14-15H2,1H3,(H2,22,23,24,25). The third-order valence-corrected chi connectivity index (χ3v) is 4.18. The Morgan fingerprint density at radius 1 is 1.19 bits per heavy atom. The number of ether oxygens (including phenoxy) is 2. The van der Waals surface area contributed by atoms with Crippen molar-refractivity contribution in [2.45, 2.75) is 25.9 Å². The van der Waals surface area contributed by atoms with Crippen LogP contribution in [0.15, 0.2) is 59.6 Å². The first-order valence-electron chi connectivity index (χ1n) is 9.27. The fourth-order valence-electron chi connectivity index (χ4n) is 2.84. The Labute approximate surface area is 159 Å². The zero-order chi connectivity index (χ0) is 18.9. The topological polar surface area (TPSA) is 71.9 Å². The average Bonchev–Trinajstić information content (AvgIpc) is 3.22. The summed E-state index contributed by atoms with van der Waals surface area (Å²) in [5.41, 5.74) is 1.32. The van der Waals surface area contributed by atoms with E-state index in [2.05, 4.69) is 15.6 Å². The summed E-state index contributed by atoms with van der Waals surface area (Å²) in [5.74, 6) is 0.869. The molecule has 1 aliphatic rings. The van der Waals surface area contributed by atoms with Crippen molar-refractivity contribution < 1.29 is 14.3 Å². The molecule has 1 amide bonds. The van der Waals surface area contributed by atoms with E-state index < -0.39 is 0 Å². The summed E-state index contributed by atoms with van der Waals surface area (Å²) in [4.78, 5) is 17.1. The molecular weight excluding hydrogens is 342 g/mol. The van der Waals surface area contributed by atoms with Gasteiger partial charge in [0.2, 0.25) is 5.96 Å². The summed E-state index contributed by atoms with van der Waals surface area (Å²) in [6.07, 6.45) is 2.13. The molecule has 0 spiro atoms. The first-order chi connectivity index (χ1) is 13.3. The van der Waals surface area contributed by atoms with Crippen LogP contribution >= 0.6 is 0 Å². The van der Waals surface area contributed by atoms with Crippen LogP contribution in [-0.4, -0.2) is 37.7 Å². The molecule has 0 bridgehead atoms. The molecule has 1 atom stereocenters. The maximum absolute atomic E-state index is 12.6. The van der Waals surface area contributed by atoms with Crippen LogP contribution < -0.4 is 15.4 Å². The van der Waals surface area contributed by atoms with E-state index in [4.69, 9.17) is 9.47 Å². The van der Waals surface area contributed by atoms with Crippen LogP contribution in [0, 0.1) is 0 Å².